The molecule has 1 N–H and O–H groups in total. The summed E-state index contributed by atoms with van der Waals surface area (Å²) < 4.78 is 0. The lowest BCUT2D eigenvalue weighted by atomic mass is 9.62. The van der Waals surface area contributed by atoms with Gasteiger partial charge in [0, 0.05) is 18.3 Å². The molecule has 1 aromatic carbocycles. The lowest BCUT2D eigenvalue weighted by molar-refractivity contribution is 0.225. The highest BCUT2D eigenvalue weighted by atomic mass is 15.0. The van der Waals surface area contributed by atoms with Crippen LogP contribution >= 0.6 is 0 Å². The molecule has 0 radical (unpaired) electrons. The standard InChI is InChI=1S/C18H19N3/c1-14-6-5-9-16(21-14)12-20-17-10-18(11-17,13-19)15-7-3-2-4-8-15/h2-9,17,20H,10-12H2,1H3. The summed E-state index contributed by atoms with van der Waals surface area (Å²) in [6.07, 6.45) is 1.75. The third kappa shape index (κ3) is 2.81. The van der Waals surface area contributed by atoms with Gasteiger partial charge >= 0.3 is 0 Å². The fraction of sp³-hybridized carbons (Fsp3) is 0.333. The molecule has 0 aliphatic heterocycles. The van der Waals surface area contributed by atoms with E-state index in [-0.39, 0.29) is 5.41 Å². The van der Waals surface area contributed by atoms with Crippen molar-refractivity contribution < 1.29 is 0 Å². The van der Waals surface area contributed by atoms with Crippen LogP contribution in [0.4, 0.5) is 0 Å². The number of pyridine rings is 1. The van der Waals surface area contributed by atoms with E-state index in [1.165, 1.54) is 0 Å². The van der Waals surface area contributed by atoms with E-state index in [1.807, 2.05) is 43.3 Å². The van der Waals surface area contributed by atoms with Crippen LogP contribution in [0.25, 0.3) is 0 Å². The zero-order chi connectivity index (χ0) is 14.7. The molecule has 2 aromatic rings. The van der Waals surface area contributed by atoms with Gasteiger partial charge in [-0.25, -0.2) is 0 Å². The van der Waals surface area contributed by atoms with E-state index in [9.17, 15) is 5.26 Å². The Balaban J connectivity index is 1.59. The van der Waals surface area contributed by atoms with Crippen molar-refractivity contribution in [3.05, 3.63) is 65.5 Å². The fourth-order valence-electron chi connectivity index (χ4n) is 3.02. The normalized spacial score (nSPS) is 24.1. The topological polar surface area (TPSA) is 48.7 Å². The van der Waals surface area contributed by atoms with E-state index in [1.54, 1.807) is 0 Å². The maximum absolute atomic E-state index is 9.54. The highest BCUT2D eigenvalue weighted by molar-refractivity contribution is 5.36. The van der Waals surface area contributed by atoms with Crippen LogP contribution in [0.3, 0.4) is 0 Å². The number of nitrogens with one attached hydrogen (secondary N) is 1. The molecule has 1 fully saturated rings. The molecule has 106 valence electrons. The molecule has 1 aliphatic rings. The summed E-state index contributed by atoms with van der Waals surface area (Å²) in [5.74, 6) is 0. The summed E-state index contributed by atoms with van der Waals surface area (Å²) in [5, 5.41) is 13.0. The van der Waals surface area contributed by atoms with Gasteiger partial charge in [-0.05, 0) is 37.5 Å². The predicted molar refractivity (Wildman–Crippen MR) is 82.6 cm³/mol. The van der Waals surface area contributed by atoms with Crippen molar-refractivity contribution in [2.24, 2.45) is 0 Å². The fourth-order valence-corrected chi connectivity index (χ4v) is 3.02. The van der Waals surface area contributed by atoms with Crippen molar-refractivity contribution in [2.45, 2.75) is 37.8 Å². The number of nitrogens with zero attached hydrogens (tertiary/aromatic N) is 2. The Morgan fingerprint density at radius 1 is 1.19 bits per heavy atom. The van der Waals surface area contributed by atoms with E-state index < -0.39 is 0 Å². The Labute approximate surface area is 125 Å². The Kier molecular flexibility index (Phi) is 3.72. The van der Waals surface area contributed by atoms with E-state index >= 15 is 0 Å². The van der Waals surface area contributed by atoms with Crippen LogP contribution in [0, 0.1) is 18.3 Å². The number of rotatable bonds is 4. The third-order valence-electron chi connectivity index (χ3n) is 4.25. The van der Waals surface area contributed by atoms with E-state index in [0.717, 1.165) is 36.3 Å². The molecule has 1 aliphatic carbocycles. The van der Waals surface area contributed by atoms with Crippen molar-refractivity contribution in [2.75, 3.05) is 0 Å². The molecular formula is C18H19N3. The average molecular weight is 277 g/mol. The van der Waals surface area contributed by atoms with Gasteiger partial charge in [0.25, 0.3) is 0 Å². The number of hydrogen-bond acceptors (Lipinski definition) is 3. The van der Waals surface area contributed by atoms with Gasteiger partial charge in [-0.1, -0.05) is 36.4 Å². The summed E-state index contributed by atoms with van der Waals surface area (Å²) in [5.41, 5.74) is 2.93. The Morgan fingerprint density at radius 3 is 2.62 bits per heavy atom. The lowest BCUT2D eigenvalue weighted by Gasteiger charge is -2.43. The molecule has 0 atom stereocenters. The molecule has 0 unspecified atom stereocenters. The molecule has 3 rings (SSSR count). The first kappa shape index (κ1) is 13.8. The number of benzene rings is 1. The highest BCUT2D eigenvalue weighted by Crippen LogP contribution is 2.43. The largest absolute Gasteiger partial charge is 0.308 e. The molecule has 1 heterocycles. The third-order valence-corrected chi connectivity index (χ3v) is 4.25. The van der Waals surface area contributed by atoms with E-state index in [4.69, 9.17) is 0 Å². The molecule has 1 saturated carbocycles. The van der Waals surface area contributed by atoms with Crippen LogP contribution in [-0.2, 0) is 12.0 Å². The predicted octanol–water partition coefficient (Wildman–Crippen LogP) is 3.10. The molecule has 0 bridgehead atoms. The zero-order valence-corrected chi connectivity index (χ0v) is 12.2. The minimum Gasteiger partial charge on any atom is -0.308 e. The van der Waals surface area contributed by atoms with Gasteiger partial charge in [-0.15, -0.1) is 0 Å². The van der Waals surface area contributed by atoms with Gasteiger partial charge < -0.3 is 5.32 Å². The first-order valence-electron chi connectivity index (χ1n) is 7.34. The molecule has 3 heteroatoms. The van der Waals surface area contributed by atoms with Gasteiger partial charge in [0.1, 0.15) is 0 Å². The van der Waals surface area contributed by atoms with Gasteiger partial charge in [0.2, 0.25) is 0 Å². The Bertz CT molecular complexity index is 652. The van der Waals surface area contributed by atoms with E-state index in [0.29, 0.717) is 6.04 Å². The smallest absolute Gasteiger partial charge is 0.0852 e. The van der Waals surface area contributed by atoms with Crippen molar-refractivity contribution in [3.8, 4) is 6.07 Å². The zero-order valence-electron chi connectivity index (χ0n) is 12.2. The molecule has 0 amide bonds. The van der Waals surface area contributed by atoms with Crippen LogP contribution in [0.5, 0.6) is 0 Å². The van der Waals surface area contributed by atoms with Gasteiger partial charge in [-0.3, -0.25) is 4.98 Å². The summed E-state index contributed by atoms with van der Waals surface area (Å²) >= 11 is 0. The van der Waals surface area contributed by atoms with E-state index in [2.05, 4.69) is 28.5 Å². The molecule has 1 aromatic heterocycles. The van der Waals surface area contributed by atoms with Gasteiger partial charge in [0.05, 0.1) is 17.2 Å². The SMILES string of the molecule is Cc1cccc(CNC2CC(C#N)(c3ccccc3)C2)n1. The molecule has 0 saturated heterocycles. The monoisotopic (exact) mass is 277 g/mol. The van der Waals surface area contributed by atoms with Gasteiger partial charge in [0.15, 0.2) is 0 Å². The van der Waals surface area contributed by atoms with Crippen LogP contribution < -0.4 is 5.32 Å². The molecule has 0 spiro atoms. The van der Waals surface area contributed by atoms with Crippen molar-refractivity contribution in [1.82, 2.24) is 10.3 Å². The maximum Gasteiger partial charge on any atom is 0.0852 e. The van der Waals surface area contributed by atoms with Crippen molar-refractivity contribution in [1.29, 1.82) is 5.26 Å². The number of aromatic nitrogens is 1. The lowest BCUT2D eigenvalue weighted by Crippen LogP contribution is -2.50. The van der Waals surface area contributed by atoms with Crippen LogP contribution in [0.2, 0.25) is 0 Å². The summed E-state index contributed by atoms with van der Waals surface area (Å²) in [6, 6.07) is 19.1. The second-order valence-electron chi connectivity index (χ2n) is 5.82. The minimum atomic E-state index is -0.307. The Morgan fingerprint density at radius 2 is 1.95 bits per heavy atom. The number of nitriles is 1. The maximum atomic E-state index is 9.54. The number of aryl methyl sites for hydroxylation is 1. The van der Waals surface area contributed by atoms with Crippen LogP contribution in [0.1, 0.15) is 29.8 Å². The second-order valence-corrected chi connectivity index (χ2v) is 5.82. The van der Waals surface area contributed by atoms with Crippen LogP contribution in [0.15, 0.2) is 48.5 Å². The summed E-state index contributed by atoms with van der Waals surface area (Å²) in [6.45, 7) is 2.77. The van der Waals surface area contributed by atoms with Crippen LogP contribution in [-0.4, -0.2) is 11.0 Å². The molecule has 21 heavy (non-hydrogen) atoms. The summed E-state index contributed by atoms with van der Waals surface area (Å²) in [4.78, 5) is 4.49. The molecular weight excluding hydrogens is 258 g/mol. The number of hydrogen-bond donors (Lipinski definition) is 1. The summed E-state index contributed by atoms with van der Waals surface area (Å²) in [7, 11) is 0. The minimum absolute atomic E-state index is 0.307. The molecule has 3 nitrogen and oxygen atoms in total. The quantitative estimate of drug-likeness (QED) is 0.934. The van der Waals surface area contributed by atoms with Crippen molar-refractivity contribution in [3.63, 3.8) is 0 Å². The van der Waals surface area contributed by atoms with Gasteiger partial charge in [-0.2, -0.15) is 5.26 Å². The highest BCUT2D eigenvalue weighted by Gasteiger charge is 2.45. The second kappa shape index (κ2) is 5.67. The Hall–Kier alpha value is -2.18. The van der Waals surface area contributed by atoms with Crippen molar-refractivity contribution >= 4 is 0 Å². The average Bonchev–Trinajstić information content (AvgIpc) is 2.47. The first-order valence-corrected chi connectivity index (χ1v) is 7.34. The first-order chi connectivity index (χ1) is 10.2.